The fourth-order valence-corrected chi connectivity index (χ4v) is 4.51. The first-order valence-corrected chi connectivity index (χ1v) is 8.50. The van der Waals surface area contributed by atoms with Crippen LogP contribution in [0.3, 0.4) is 0 Å². The first-order chi connectivity index (χ1) is 11.3. The number of carbonyl (C=O) groups is 3. The molecule has 2 fully saturated rings. The summed E-state index contributed by atoms with van der Waals surface area (Å²) in [6, 6.07) is 6.65. The second kappa shape index (κ2) is 6.10. The number of carboxylic acids is 1. The van der Waals surface area contributed by atoms with Crippen LogP contribution in [-0.2, 0) is 14.4 Å². The van der Waals surface area contributed by atoms with Crippen molar-refractivity contribution in [2.45, 2.75) is 42.1 Å². The predicted octanol–water partition coefficient (Wildman–Crippen LogP) is 0.237. The maximum atomic E-state index is 12.5. The van der Waals surface area contributed by atoms with Gasteiger partial charge in [0, 0.05) is 4.75 Å². The van der Waals surface area contributed by atoms with Crippen molar-refractivity contribution in [2.75, 3.05) is 0 Å². The number of rotatable bonds is 3. The first kappa shape index (κ1) is 16.8. The van der Waals surface area contributed by atoms with Crippen molar-refractivity contribution in [2.24, 2.45) is 0 Å². The lowest BCUT2D eigenvalue weighted by Gasteiger charge is -2.32. The summed E-state index contributed by atoms with van der Waals surface area (Å²) in [5.74, 6) is -1.60. The first-order valence-electron chi connectivity index (χ1n) is 7.62. The summed E-state index contributed by atoms with van der Waals surface area (Å²) >= 11 is 1.35. The van der Waals surface area contributed by atoms with Gasteiger partial charge in [-0.2, -0.15) is 0 Å². The van der Waals surface area contributed by atoms with Crippen molar-refractivity contribution >= 4 is 29.5 Å². The van der Waals surface area contributed by atoms with E-state index in [1.165, 1.54) is 11.8 Å². The van der Waals surface area contributed by atoms with Crippen molar-refractivity contribution in [1.82, 2.24) is 16.0 Å². The number of benzene rings is 1. The molecule has 7 nitrogen and oxygen atoms in total. The molecule has 0 saturated carbocycles. The van der Waals surface area contributed by atoms with Crippen molar-refractivity contribution in [1.29, 1.82) is 0 Å². The molecule has 2 amide bonds. The number of carbonyl (C=O) groups excluding carboxylic acids is 2. The van der Waals surface area contributed by atoms with Crippen LogP contribution in [0.1, 0.15) is 25.5 Å². The zero-order valence-electron chi connectivity index (χ0n) is 13.3. The lowest BCUT2D eigenvalue weighted by atomic mass is 10.0. The highest BCUT2D eigenvalue weighted by Crippen LogP contribution is 2.39. The standard InChI is InChI=1S/C16H19N3O4S/c1-16(2)11(15(22)23)19-14(24-16)10-13(21)17-9(12(20)18-10)8-6-4-3-5-7-8/h3-7,9-11,14,19H,1-2H3,(H,17,21)(H,18,20)(H,22,23)/t9?,10?,11-,14+/m1/s1. The molecule has 0 aromatic heterocycles. The van der Waals surface area contributed by atoms with Gasteiger partial charge in [0.2, 0.25) is 11.8 Å². The van der Waals surface area contributed by atoms with Crippen LogP contribution in [0.2, 0.25) is 0 Å². The number of hydrogen-bond donors (Lipinski definition) is 4. The Morgan fingerprint density at radius 2 is 1.79 bits per heavy atom. The van der Waals surface area contributed by atoms with Crippen LogP contribution in [0.25, 0.3) is 0 Å². The van der Waals surface area contributed by atoms with Crippen molar-refractivity contribution in [3.8, 4) is 0 Å². The number of piperazine rings is 1. The summed E-state index contributed by atoms with van der Waals surface area (Å²) in [6.45, 7) is 3.61. The Labute approximate surface area is 143 Å². The largest absolute Gasteiger partial charge is 0.480 e. The Hall–Kier alpha value is -2.06. The van der Waals surface area contributed by atoms with Gasteiger partial charge in [-0.1, -0.05) is 30.3 Å². The van der Waals surface area contributed by atoms with Crippen molar-refractivity contribution in [3.63, 3.8) is 0 Å². The van der Waals surface area contributed by atoms with Crippen LogP contribution in [-0.4, -0.2) is 45.1 Å². The molecule has 0 aliphatic carbocycles. The van der Waals surface area contributed by atoms with Crippen LogP contribution < -0.4 is 16.0 Å². The monoisotopic (exact) mass is 349 g/mol. The molecule has 0 radical (unpaired) electrons. The summed E-state index contributed by atoms with van der Waals surface area (Å²) < 4.78 is -0.586. The van der Waals surface area contributed by atoms with Crippen LogP contribution in [0, 0.1) is 0 Å². The minimum Gasteiger partial charge on any atom is -0.480 e. The zero-order valence-corrected chi connectivity index (χ0v) is 14.1. The molecule has 2 saturated heterocycles. The van der Waals surface area contributed by atoms with Gasteiger partial charge in [-0.3, -0.25) is 19.7 Å². The van der Waals surface area contributed by atoms with Gasteiger partial charge in [0.05, 0.1) is 5.37 Å². The van der Waals surface area contributed by atoms with E-state index in [0.29, 0.717) is 5.56 Å². The van der Waals surface area contributed by atoms with E-state index in [9.17, 15) is 19.5 Å². The number of nitrogens with one attached hydrogen (secondary N) is 3. The van der Waals surface area contributed by atoms with E-state index in [-0.39, 0.29) is 11.8 Å². The highest BCUT2D eigenvalue weighted by molar-refractivity contribution is 8.01. The third-order valence-corrected chi connectivity index (χ3v) is 5.77. The van der Waals surface area contributed by atoms with E-state index in [0.717, 1.165) is 0 Å². The van der Waals surface area contributed by atoms with Gasteiger partial charge in [-0.15, -0.1) is 11.8 Å². The molecule has 24 heavy (non-hydrogen) atoms. The Balaban J connectivity index is 1.75. The summed E-state index contributed by atoms with van der Waals surface area (Å²) in [5.41, 5.74) is 0.706. The molecule has 8 heteroatoms. The maximum Gasteiger partial charge on any atom is 0.322 e. The quantitative estimate of drug-likeness (QED) is 0.623. The molecule has 2 aliphatic rings. The van der Waals surface area contributed by atoms with Gasteiger partial charge in [-0.25, -0.2) is 0 Å². The van der Waals surface area contributed by atoms with Gasteiger partial charge in [0.1, 0.15) is 18.1 Å². The van der Waals surface area contributed by atoms with E-state index in [4.69, 9.17) is 0 Å². The average Bonchev–Trinajstić information content (AvgIpc) is 2.85. The fraction of sp³-hybridized carbons (Fsp3) is 0.438. The van der Waals surface area contributed by atoms with Crippen molar-refractivity contribution < 1.29 is 19.5 Å². The van der Waals surface area contributed by atoms with Crippen LogP contribution in [0.5, 0.6) is 0 Å². The minimum atomic E-state index is -0.972. The molecule has 4 N–H and O–H groups in total. The highest BCUT2D eigenvalue weighted by atomic mass is 32.2. The lowest BCUT2D eigenvalue weighted by molar-refractivity contribution is -0.140. The van der Waals surface area contributed by atoms with Crippen LogP contribution in [0.15, 0.2) is 30.3 Å². The van der Waals surface area contributed by atoms with Gasteiger partial charge < -0.3 is 15.7 Å². The van der Waals surface area contributed by atoms with E-state index in [1.807, 2.05) is 6.07 Å². The second-order valence-corrected chi connectivity index (χ2v) is 8.21. The number of aliphatic carboxylic acids is 1. The molecule has 2 heterocycles. The van der Waals surface area contributed by atoms with Gasteiger partial charge in [0.15, 0.2) is 0 Å². The molecule has 1 aromatic rings. The van der Waals surface area contributed by atoms with Crippen molar-refractivity contribution in [3.05, 3.63) is 35.9 Å². The van der Waals surface area contributed by atoms with E-state index >= 15 is 0 Å². The molecule has 3 rings (SSSR count). The van der Waals surface area contributed by atoms with E-state index in [2.05, 4.69) is 16.0 Å². The summed E-state index contributed by atoms with van der Waals surface area (Å²) in [5, 5.41) is 17.2. The SMILES string of the molecule is CC1(C)S[C@@H](C2NC(=O)C(c3ccccc3)NC2=O)N[C@@H]1C(=O)O. The van der Waals surface area contributed by atoms with Gasteiger partial charge in [-0.05, 0) is 19.4 Å². The van der Waals surface area contributed by atoms with E-state index in [1.54, 1.807) is 38.1 Å². The maximum absolute atomic E-state index is 12.5. The highest BCUT2D eigenvalue weighted by Gasteiger charge is 2.50. The molecule has 2 unspecified atom stereocenters. The number of carboxylic acid groups (broad SMARTS) is 1. The molecule has 0 spiro atoms. The third-order valence-electron chi connectivity index (χ3n) is 4.27. The van der Waals surface area contributed by atoms with Gasteiger partial charge >= 0.3 is 5.97 Å². The zero-order chi connectivity index (χ0) is 17.5. The Morgan fingerprint density at radius 3 is 2.38 bits per heavy atom. The smallest absolute Gasteiger partial charge is 0.322 e. The lowest BCUT2D eigenvalue weighted by Crippen LogP contribution is -2.63. The Kier molecular flexibility index (Phi) is 4.27. The number of thioether (sulfide) groups is 1. The average molecular weight is 349 g/mol. The summed E-state index contributed by atoms with van der Waals surface area (Å²) in [6.07, 6.45) is 0. The molecular formula is C16H19N3O4S. The summed E-state index contributed by atoms with van der Waals surface area (Å²) in [4.78, 5) is 36.2. The Bertz CT molecular complexity index is 679. The van der Waals surface area contributed by atoms with E-state index < -0.39 is 34.2 Å². The topological polar surface area (TPSA) is 108 Å². The minimum absolute atomic E-state index is 0.301. The molecule has 128 valence electrons. The van der Waals surface area contributed by atoms with Crippen LogP contribution in [0.4, 0.5) is 0 Å². The normalized spacial score (nSPS) is 32.1. The van der Waals surface area contributed by atoms with Crippen LogP contribution >= 0.6 is 11.8 Å². The summed E-state index contributed by atoms with van der Waals surface area (Å²) in [7, 11) is 0. The molecule has 4 atom stereocenters. The Morgan fingerprint density at radius 1 is 1.12 bits per heavy atom. The molecule has 2 aliphatic heterocycles. The predicted molar refractivity (Wildman–Crippen MR) is 89.3 cm³/mol. The second-order valence-electron chi connectivity index (χ2n) is 6.42. The molecular weight excluding hydrogens is 330 g/mol. The third kappa shape index (κ3) is 2.99. The fourth-order valence-electron chi connectivity index (χ4n) is 3.02. The number of amides is 2. The van der Waals surface area contributed by atoms with Gasteiger partial charge in [0.25, 0.3) is 0 Å². The molecule has 1 aromatic carbocycles. The number of hydrogen-bond acceptors (Lipinski definition) is 5. The molecule has 0 bridgehead atoms.